The molecular weight excluding hydrogens is 237 g/mol. The second-order valence-electron chi connectivity index (χ2n) is 2.64. The number of benzene rings is 1. The van der Waals surface area contributed by atoms with E-state index in [0.717, 1.165) is 0 Å². The van der Waals surface area contributed by atoms with Crippen molar-refractivity contribution in [1.29, 1.82) is 0 Å². The van der Waals surface area contributed by atoms with Gasteiger partial charge in [-0.25, -0.2) is 9.18 Å². The van der Waals surface area contributed by atoms with Gasteiger partial charge in [-0.05, 0) is 24.3 Å². The third-order valence-electron chi connectivity index (χ3n) is 1.62. The van der Waals surface area contributed by atoms with Crippen LogP contribution in [0.25, 0.3) is 0 Å². The van der Waals surface area contributed by atoms with E-state index in [9.17, 15) is 9.18 Å². The van der Waals surface area contributed by atoms with Crippen LogP contribution in [0.1, 0.15) is 0 Å². The number of amides is 1. The number of hydrogen-bond donors (Lipinski definition) is 2. The molecule has 1 rings (SSSR count). The Morgan fingerprint density at radius 1 is 1.27 bits per heavy atom. The van der Waals surface area contributed by atoms with Crippen LogP contribution in [0.2, 0.25) is 0 Å². The van der Waals surface area contributed by atoms with Crippen LogP contribution < -0.4 is 4.74 Å². The molecule has 0 atom stereocenters. The summed E-state index contributed by atoms with van der Waals surface area (Å²) >= 11 is 7.87. The van der Waals surface area contributed by atoms with Gasteiger partial charge in [0.2, 0.25) is 0 Å². The Morgan fingerprint density at radius 2 is 1.80 bits per heavy atom. The Bertz CT molecular complexity index is 327. The molecule has 0 bridgehead atoms. The molecule has 0 spiro atoms. The van der Waals surface area contributed by atoms with E-state index in [0.29, 0.717) is 0 Å². The number of rotatable bonds is 3. The van der Waals surface area contributed by atoms with Crippen molar-refractivity contribution in [3.8, 4) is 5.75 Å². The smallest absolute Gasteiger partial charge is 0.410 e. The standard InChI is InChI=1S/C9H10FNO2S2/c10-7-1-3-8(4-2-7)13-9(12)11(5-14)6-15/h1-4,14-15H,5-6H2. The summed E-state index contributed by atoms with van der Waals surface area (Å²) in [7, 11) is 0. The minimum atomic E-state index is -0.563. The molecule has 0 aliphatic carbocycles. The summed E-state index contributed by atoms with van der Waals surface area (Å²) in [5.41, 5.74) is 0. The highest BCUT2D eigenvalue weighted by molar-refractivity contribution is 7.81. The molecule has 1 amide bonds. The SMILES string of the molecule is O=C(Oc1ccc(F)cc1)N(CS)CS. The van der Waals surface area contributed by atoms with Crippen molar-refractivity contribution in [1.82, 2.24) is 4.90 Å². The highest BCUT2D eigenvalue weighted by Crippen LogP contribution is 2.12. The molecule has 1 aromatic rings. The summed E-state index contributed by atoms with van der Waals surface area (Å²) in [5.74, 6) is 0.331. The van der Waals surface area contributed by atoms with E-state index >= 15 is 0 Å². The van der Waals surface area contributed by atoms with Gasteiger partial charge in [-0.1, -0.05) is 0 Å². The van der Waals surface area contributed by atoms with Gasteiger partial charge in [-0.3, -0.25) is 4.90 Å². The molecule has 0 saturated heterocycles. The Kier molecular flexibility index (Phi) is 4.77. The molecule has 0 aromatic heterocycles. The first-order valence-corrected chi connectivity index (χ1v) is 5.38. The second kappa shape index (κ2) is 5.87. The highest BCUT2D eigenvalue weighted by atomic mass is 32.1. The van der Waals surface area contributed by atoms with Crippen LogP contribution in [-0.2, 0) is 0 Å². The maximum Gasteiger partial charge on any atom is 0.416 e. The lowest BCUT2D eigenvalue weighted by Gasteiger charge is -2.16. The van der Waals surface area contributed by atoms with E-state index in [1.165, 1.54) is 29.2 Å². The van der Waals surface area contributed by atoms with Crippen molar-refractivity contribution in [3.05, 3.63) is 30.1 Å². The van der Waals surface area contributed by atoms with Crippen LogP contribution in [0.15, 0.2) is 24.3 Å². The zero-order valence-corrected chi connectivity index (χ0v) is 9.55. The van der Waals surface area contributed by atoms with E-state index in [1.807, 2.05) is 0 Å². The average molecular weight is 247 g/mol. The monoisotopic (exact) mass is 247 g/mol. The molecular formula is C9H10FNO2S2. The van der Waals surface area contributed by atoms with Gasteiger partial charge in [-0.2, -0.15) is 25.3 Å². The summed E-state index contributed by atoms with van der Waals surface area (Å²) in [5, 5.41) is 0. The van der Waals surface area contributed by atoms with Crippen LogP contribution in [0, 0.1) is 5.82 Å². The number of carbonyl (C=O) groups excluding carboxylic acids is 1. The fraction of sp³-hybridized carbons (Fsp3) is 0.222. The summed E-state index contributed by atoms with van der Waals surface area (Å²) < 4.78 is 17.5. The fourth-order valence-electron chi connectivity index (χ4n) is 0.828. The summed E-state index contributed by atoms with van der Waals surface area (Å²) in [6.07, 6.45) is -0.563. The molecule has 0 aliphatic heterocycles. The van der Waals surface area contributed by atoms with Crippen molar-refractivity contribution in [2.75, 3.05) is 11.8 Å². The molecule has 0 fully saturated rings. The quantitative estimate of drug-likeness (QED) is 0.634. The van der Waals surface area contributed by atoms with Gasteiger partial charge in [-0.15, -0.1) is 0 Å². The van der Waals surface area contributed by atoms with E-state index in [1.54, 1.807) is 0 Å². The normalized spacial score (nSPS) is 9.80. The van der Waals surface area contributed by atoms with Gasteiger partial charge in [0, 0.05) is 0 Å². The fourth-order valence-corrected chi connectivity index (χ4v) is 1.42. The molecule has 6 heteroatoms. The van der Waals surface area contributed by atoms with E-state index in [4.69, 9.17) is 4.74 Å². The van der Waals surface area contributed by atoms with Gasteiger partial charge in [0.05, 0.1) is 11.8 Å². The zero-order chi connectivity index (χ0) is 11.3. The summed E-state index contributed by atoms with van der Waals surface area (Å²) in [6.45, 7) is 0. The molecule has 15 heavy (non-hydrogen) atoms. The first-order chi connectivity index (χ1) is 7.17. The van der Waals surface area contributed by atoms with Crippen molar-refractivity contribution in [3.63, 3.8) is 0 Å². The summed E-state index contributed by atoms with van der Waals surface area (Å²) in [4.78, 5) is 12.6. The Hall–Kier alpha value is -0.880. The second-order valence-corrected chi connectivity index (χ2v) is 3.21. The third kappa shape index (κ3) is 3.64. The van der Waals surface area contributed by atoms with E-state index in [-0.39, 0.29) is 23.3 Å². The number of hydrogen-bond acceptors (Lipinski definition) is 4. The molecule has 0 unspecified atom stereocenters. The molecule has 0 heterocycles. The van der Waals surface area contributed by atoms with Crippen molar-refractivity contribution in [2.24, 2.45) is 0 Å². The first-order valence-electron chi connectivity index (χ1n) is 4.11. The van der Waals surface area contributed by atoms with Crippen LogP contribution in [-0.4, -0.2) is 22.7 Å². The van der Waals surface area contributed by atoms with Crippen LogP contribution in [0.4, 0.5) is 9.18 Å². The molecule has 1 aromatic carbocycles. The molecule has 82 valence electrons. The lowest BCUT2D eigenvalue weighted by atomic mass is 10.3. The van der Waals surface area contributed by atoms with Gasteiger partial charge >= 0.3 is 6.09 Å². The van der Waals surface area contributed by atoms with E-state index < -0.39 is 6.09 Å². The minimum Gasteiger partial charge on any atom is -0.410 e. The largest absolute Gasteiger partial charge is 0.416 e. The summed E-state index contributed by atoms with van der Waals surface area (Å²) in [6, 6.07) is 5.19. The van der Waals surface area contributed by atoms with Crippen LogP contribution in [0.3, 0.4) is 0 Å². The van der Waals surface area contributed by atoms with E-state index in [2.05, 4.69) is 25.3 Å². The maximum atomic E-state index is 12.5. The van der Waals surface area contributed by atoms with Gasteiger partial charge in [0.1, 0.15) is 11.6 Å². The van der Waals surface area contributed by atoms with Gasteiger partial charge in [0.25, 0.3) is 0 Å². The number of ether oxygens (including phenoxy) is 1. The lowest BCUT2D eigenvalue weighted by Crippen LogP contribution is -2.31. The number of carbonyl (C=O) groups is 1. The molecule has 3 nitrogen and oxygen atoms in total. The minimum absolute atomic E-state index is 0.212. The average Bonchev–Trinajstić information content (AvgIpc) is 2.23. The predicted molar refractivity (Wildman–Crippen MR) is 62.0 cm³/mol. The number of nitrogens with zero attached hydrogens (tertiary/aromatic N) is 1. The predicted octanol–water partition coefficient (Wildman–Crippen LogP) is 2.40. The van der Waals surface area contributed by atoms with Crippen molar-refractivity contribution < 1.29 is 13.9 Å². The Balaban J connectivity index is 2.61. The lowest BCUT2D eigenvalue weighted by molar-refractivity contribution is 0.168. The molecule has 0 saturated carbocycles. The van der Waals surface area contributed by atoms with Gasteiger partial charge in [0.15, 0.2) is 0 Å². The van der Waals surface area contributed by atoms with Crippen molar-refractivity contribution in [2.45, 2.75) is 0 Å². The Labute approximate surface area is 98.0 Å². The third-order valence-corrected chi connectivity index (χ3v) is 2.30. The zero-order valence-electron chi connectivity index (χ0n) is 7.76. The topological polar surface area (TPSA) is 29.5 Å². The van der Waals surface area contributed by atoms with Crippen molar-refractivity contribution >= 4 is 31.4 Å². The molecule has 0 radical (unpaired) electrons. The molecule has 0 aliphatic rings. The number of thiol groups is 2. The Morgan fingerprint density at radius 3 is 2.27 bits per heavy atom. The van der Waals surface area contributed by atoms with Crippen LogP contribution in [0.5, 0.6) is 5.75 Å². The van der Waals surface area contributed by atoms with Crippen LogP contribution >= 0.6 is 25.3 Å². The number of halogens is 1. The first kappa shape index (κ1) is 12.2. The van der Waals surface area contributed by atoms with Gasteiger partial charge < -0.3 is 4.74 Å². The highest BCUT2D eigenvalue weighted by Gasteiger charge is 2.12. The molecule has 0 N–H and O–H groups in total. The maximum absolute atomic E-state index is 12.5.